The average Bonchev–Trinajstić information content (AvgIpc) is 3.30. The van der Waals surface area contributed by atoms with Gasteiger partial charge in [0, 0.05) is 33.4 Å². The van der Waals surface area contributed by atoms with Gasteiger partial charge in [-0.1, -0.05) is 94.9 Å². The maximum atomic E-state index is 5.81. The van der Waals surface area contributed by atoms with E-state index in [0.717, 1.165) is 29.8 Å². The molecule has 2 nitrogen and oxygen atoms in total. The Morgan fingerprint density at radius 2 is 1.11 bits per heavy atom. The second-order valence-corrected chi connectivity index (χ2v) is 25.8. The van der Waals surface area contributed by atoms with Crippen LogP contribution in [0.25, 0.3) is 0 Å². The minimum atomic E-state index is -1.77. The molecule has 0 saturated heterocycles. The Kier molecular flexibility index (Phi) is 11.8. The van der Waals surface area contributed by atoms with Crippen LogP contribution >= 0.6 is 0 Å². The van der Waals surface area contributed by atoms with Crippen LogP contribution in [0, 0.1) is 47.0 Å². The molecule has 0 heterocycles. The summed E-state index contributed by atoms with van der Waals surface area (Å²) in [6, 6.07) is 0. The van der Waals surface area contributed by atoms with Crippen LogP contribution in [-0.4, -0.2) is 43.6 Å². The molecular weight excluding hydrogens is 485 g/mol. The number of hydrogen-bond acceptors (Lipinski definition) is 2. The summed E-state index contributed by atoms with van der Waals surface area (Å²) in [4.78, 5) is 0. The Bertz CT molecular complexity index is 757. The van der Waals surface area contributed by atoms with E-state index in [-0.39, 0.29) is 0 Å². The second kappa shape index (κ2) is 13.3. The van der Waals surface area contributed by atoms with Crippen LogP contribution in [0.2, 0.25) is 33.2 Å². The van der Waals surface area contributed by atoms with Crippen LogP contribution < -0.4 is 0 Å². The normalized spacial score (nSPS) is 28.6. The maximum absolute atomic E-state index is 5.81. The van der Waals surface area contributed by atoms with E-state index in [1.807, 2.05) is 14.2 Å². The van der Waals surface area contributed by atoms with Crippen molar-refractivity contribution < 1.29 is 9.47 Å². The van der Waals surface area contributed by atoms with Crippen molar-refractivity contribution in [2.45, 2.75) is 123 Å². The first kappa shape index (κ1) is 32.9. The van der Waals surface area contributed by atoms with Crippen LogP contribution in [0.15, 0.2) is 11.8 Å². The maximum Gasteiger partial charge on any atom is 0.145 e. The summed E-state index contributed by atoms with van der Waals surface area (Å²) >= 11 is 0. The molecule has 2 fully saturated rings. The van der Waals surface area contributed by atoms with Gasteiger partial charge in [-0.25, -0.2) is 0 Å². The first-order chi connectivity index (χ1) is 17.2. The van der Waals surface area contributed by atoms with Crippen molar-refractivity contribution in [2.24, 2.45) is 35.5 Å². The molecule has 37 heavy (non-hydrogen) atoms. The summed E-state index contributed by atoms with van der Waals surface area (Å²) in [5, 5.41) is 0. The molecule has 2 rings (SSSR count). The minimum Gasteiger partial charge on any atom is -0.384 e. The van der Waals surface area contributed by atoms with Gasteiger partial charge in [-0.15, -0.1) is 11.5 Å². The lowest BCUT2D eigenvalue weighted by Gasteiger charge is -2.42. The Morgan fingerprint density at radius 3 is 1.49 bits per heavy atom. The SMILES string of the molecule is COC[C@@H]1[C@H](COC)[C@@H]2C[C@H]1C(/C=C/[Si](C(C)C)(C(C)C)C(C)C)C2C#C[Si](C(C)C)(C(C)C)C(C)C. The number of allylic oxidation sites excluding steroid dienone is 1. The van der Waals surface area contributed by atoms with E-state index in [0.29, 0.717) is 52.1 Å². The zero-order valence-corrected chi connectivity index (χ0v) is 29.0. The fraction of sp³-hybridized carbons (Fsp3) is 0.879. The van der Waals surface area contributed by atoms with Gasteiger partial charge in [-0.05, 0) is 69.3 Å². The molecule has 2 saturated carbocycles. The summed E-state index contributed by atoms with van der Waals surface area (Å²) in [5.41, 5.74) is 11.2. The highest BCUT2D eigenvalue weighted by molar-refractivity contribution is 6.90. The highest BCUT2D eigenvalue weighted by atomic mass is 28.3. The third-order valence-corrected chi connectivity index (χ3v) is 24.3. The van der Waals surface area contributed by atoms with Gasteiger partial charge >= 0.3 is 0 Å². The molecule has 0 radical (unpaired) electrons. The molecule has 214 valence electrons. The lowest BCUT2D eigenvalue weighted by Crippen LogP contribution is -2.44. The van der Waals surface area contributed by atoms with Crippen LogP contribution in [0.4, 0.5) is 0 Å². The van der Waals surface area contributed by atoms with Gasteiger partial charge in [0.2, 0.25) is 0 Å². The fourth-order valence-electron chi connectivity index (χ4n) is 9.55. The summed E-state index contributed by atoms with van der Waals surface area (Å²) in [5.74, 6) is 7.53. The van der Waals surface area contributed by atoms with Crippen LogP contribution in [0.3, 0.4) is 0 Å². The molecule has 0 N–H and O–H groups in total. The Labute approximate surface area is 234 Å². The quantitative estimate of drug-likeness (QED) is 0.179. The standard InChI is InChI=1S/C33H62O2Si2/c1-22(2)36(23(3)4,24(5)6)17-15-28-29(16-18-37(25(7)8,26(9)10)27(11)12)31-19-30(28)32(20-34-13)33(31)21-35-14/h15,17,22-33H,19-21H2,1-14H3/b17-15+/t28?,29?,30-,31+,32-,33+/m0/s1. The summed E-state index contributed by atoms with van der Waals surface area (Å²) in [6.07, 6.45) is 4.00. The minimum absolute atomic E-state index is 0.454. The van der Waals surface area contributed by atoms with Gasteiger partial charge in [0.1, 0.15) is 8.07 Å². The van der Waals surface area contributed by atoms with Gasteiger partial charge < -0.3 is 9.47 Å². The number of rotatable bonds is 12. The Balaban J connectivity index is 2.65. The molecule has 0 aromatic rings. The lowest BCUT2D eigenvalue weighted by atomic mass is 9.69. The molecular formula is C33H62O2Si2. The smallest absolute Gasteiger partial charge is 0.145 e. The van der Waals surface area contributed by atoms with Gasteiger partial charge in [0.15, 0.2) is 0 Å². The van der Waals surface area contributed by atoms with Crippen molar-refractivity contribution >= 4 is 16.1 Å². The molecule has 0 aliphatic heterocycles. The molecule has 2 aliphatic rings. The summed E-state index contributed by atoms with van der Waals surface area (Å²) in [7, 11) is 0.361. The predicted octanol–water partition coefficient (Wildman–Crippen LogP) is 9.39. The fourth-order valence-corrected chi connectivity index (χ4v) is 20.5. The monoisotopic (exact) mass is 546 g/mol. The molecule has 4 heteroatoms. The highest BCUT2D eigenvalue weighted by Crippen LogP contribution is 2.59. The number of hydrogen-bond donors (Lipinski definition) is 0. The van der Waals surface area contributed by atoms with Crippen LogP contribution in [0.1, 0.15) is 89.5 Å². The van der Waals surface area contributed by atoms with E-state index >= 15 is 0 Å². The van der Waals surface area contributed by atoms with Crippen LogP contribution in [0.5, 0.6) is 0 Å². The number of fused-ring (bicyclic) bond motifs is 2. The van der Waals surface area contributed by atoms with Crippen LogP contribution in [-0.2, 0) is 9.47 Å². The zero-order valence-electron chi connectivity index (χ0n) is 27.0. The van der Waals surface area contributed by atoms with Crippen molar-refractivity contribution in [3.8, 4) is 11.5 Å². The van der Waals surface area contributed by atoms with Crippen molar-refractivity contribution in [3.63, 3.8) is 0 Å². The zero-order chi connectivity index (χ0) is 28.3. The van der Waals surface area contributed by atoms with Gasteiger partial charge in [0.25, 0.3) is 0 Å². The van der Waals surface area contributed by atoms with Gasteiger partial charge in [0.05, 0.1) is 8.07 Å². The van der Waals surface area contributed by atoms with Gasteiger partial charge in [-0.2, -0.15) is 0 Å². The van der Waals surface area contributed by atoms with Crippen molar-refractivity contribution in [1.82, 2.24) is 0 Å². The van der Waals surface area contributed by atoms with Crippen molar-refractivity contribution in [2.75, 3.05) is 27.4 Å². The van der Waals surface area contributed by atoms with E-state index in [4.69, 9.17) is 9.47 Å². The molecule has 0 spiro atoms. The third kappa shape index (κ3) is 6.06. The summed E-state index contributed by atoms with van der Waals surface area (Å²) in [6.45, 7) is 31.2. The molecule has 2 aliphatic carbocycles. The number of methoxy groups -OCH3 is 2. The van der Waals surface area contributed by atoms with E-state index in [2.05, 4.69) is 106 Å². The molecule has 0 aromatic carbocycles. The Morgan fingerprint density at radius 1 is 0.676 bits per heavy atom. The second-order valence-electron chi connectivity index (χ2n) is 14.4. The largest absolute Gasteiger partial charge is 0.384 e. The highest BCUT2D eigenvalue weighted by Gasteiger charge is 2.57. The summed E-state index contributed by atoms with van der Waals surface area (Å²) < 4.78 is 11.6. The molecule has 6 atom stereocenters. The van der Waals surface area contributed by atoms with E-state index in [9.17, 15) is 0 Å². The first-order valence-electron chi connectivity index (χ1n) is 15.4. The van der Waals surface area contributed by atoms with E-state index < -0.39 is 16.1 Å². The molecule has 0 aromatic heterocycles. The molecule has 2 unspecified atom stereocenters. The lowest BCUT2D eigenvalue weighted by molar-refractivity contribution is 0.0187. The predicted molar refractivity (Wildman–Crippen MR) is 168 cm³/mol. The van der Waals surface area contributed by atoms with E-state index in [1.165, 1.54) is 6.42 Å². The van der Waals surface area contributed by atoms with E-state index in [1.54, 1.807) is 0 Å². The number of ether oxygens (including phenoxy) is 2. The Hall–Kier alpha value is -0.346. The first-order valence-corrected chi connectivity index (χ1v) is 20.0. The topological polar surface area (TPSA) is 18.5 Å². The molecule has 2 bridgehead atoms. The van der Waals surface area contributed by atoms with Gasteiger partial charge in [-0.3, -0.25) is 0 Å². The third-order valence-electron chi connectivity index (χ3n) is 11.2. The van der Waals surface area contributed by atoms with Crippen molar-refractivity contribution in [1.29, 1.82) is 0 Å². The van der Waals surface area contributed by atoms with Crippen molar-refractivity contribution in [3.05, 3.63) is 11.8 Å². The molecule has 0 amide bonds. The average molecular weight is 547 g/mol.